The molecule has 0 atom stereocenters. The monoisotopic (exact) mass is 335 g/mol. The molecule has 2 rings (SSSR count). The van der Waals surface area contributed by atoms with Gasteiger partial charge in [0.2, 0.25) is 0 Å². The van der Waals surface area contributed by atoms with Gasteiger partial charge in [0.1, 0.15) is 11.5 Å². The smallest absolute Gasteiger partial charge is 0.387 e. The van der Waals surface area contributed by atoms with Gasteiger partial charge in [-0.05, 0) is 37.1 Å². The lowest BCUT2D eigenvalue weighted by Crippen LogP contribution is -2.26. The summed E-state index contributed by atoms with van der Waals surface area (Å²) in [5, 5.41) is 2.71. The average Bonchev–Trinajstić information content (AvgIpc) is 2.55. The molecule has 0 bridgehead atoms. The number of para-hydroxylation sites is 1. The van der Waals surface area contributed by atoms with Crippen LogP contribution in [-0.2, 0) is 6.42 Å². The van der Waals surface area contributed by atoms with Crippen LogP contribution in [0.15, 0.2) is 42.5 Å². The van der Waals surface area contributed by atoms with Crippen LogP contribution in [0.1, 0.15) is 21.5 Å². The molecule has 24 heavy (non-hydrogen) atoms. The molecule has 1 N–H and O–H groups in total. The summed E-state index contributed by atoms with van der Waals surface area (Å²) in [6.07, 6.45) is 0.564. The molecule has 0 radical (unpaired) electrons. The van der Waals surface area contributed by atoms with Gasteiger partial charge in [0, 0.05) is 6.54 Å². The lowest BCUT2D eigenvalue weighted by molar-refractivity contribution is -0.0501. The van der Waals surface area contributed by atoms with Crippen molar-refractivity contribution < 1.29 is 23.0 Å². The van der Waals surface area contributed by atoms with E-state index in [1.54, 1.807) is 13.2 Å². The quantitative estimate of drug-likeness (QED) is 0.841. The van der Waals surface area contributed by atoms with Crippen molar-refractivity contribution in [2.24, 2.45) is 0 Å². The Balaban J connectivity index is 2.00. The number of aryl methyl sites for hydroxylation is 1. The highest BCUT2D eigenvalue weighted by atomic mass is 19.3. The number of methoxy groups -OCH3 is 1. The van der Waals surface area contributed by atoms with E-state index >= 15 is 0 Å². The van der Waals surface area contributed by atoms with Crippen molar-refractivity contribution in [3.8, 4) is 11.5 Å². The van der Waals surface area contributed by atoms with Crippen LogP contribution in [0, 0.1) is 6.92 Å². The highest BCUT2D eigenvalue weighted by Crippen LogP contribution is 2.21. The predicted octanol–water partition coefficient (Wildman–Crippen LogP) is 3.58. The minimum Gasteiger partial charge on any atom is -0.496 e. The van der Waals surface area contributed by atoms with Crippen LogP contribution < -0.4 is 14.8 Å². The van der Waals surface area contributed by atoms with Gasteiger partial charge in [0.05, 0.1) is 12.7 Å². The first-order valence-electron chi connectivity index (χ1n) is 7.47. The first-order chi connectivity index (χ1) is 11.5. The summed E-state index contributed by atoms with van der Waals surface area (Å²) in [6, 6.07) is 11.7. The van der Waals surface area contributed by atoms with Gasteiger partial charge in [-0.25, -0.2) is 0 Å². The minimum atomic E-state index is -2.98. The third-order valence-corrected chi connectivity index (χ3v) is 3.46. The molecular formula is C18H19F2NO3. The normalized spacial score (nSPS) is 10.5. The number of rotatable bonds is 7. The zero-order valence-corrected chi connectivity index (χ0v) is 13.5. The van der Waals surface area contributed by atoms with Crippen molar-refractivity contribution in [2.45, 2.75) is 20.0 Å². The Morgan fingerprint density at radius 3 is 2.62 bits per heavy atom. The molecule has 2 aromatic carbocycles. The largest absolute Gasteiger partial charge is 0.496 e. The summed E-state index contributed by atoms with van der Waals surface area (Å²) in [6.45, 7) is -0.656. The molecule has 6 heteroatoms. The van der Waals surface area contributed by atoms with Crippen molar-refractivity contribution in [2.75, 3.05) is 13.7 Å². The lowest BCUT2D eigenvalue weighted by atomic mass is 10.1. The van der Waals surface area contributed by atoms with Gasteiger partial charge in [0.15, 0.2) is 0 Å². The fourth-order valence-electron chi connectivity index (χ4n) is 2.36. The highest BCUT2D eigenvalue weighted by Gasteiger charge is 2.15. The maximum atomic E-state index is 12.4. The number of ether oxygens (including phenoxy) is 2. The zero-order chi connectivity index (χ0) is 17.5. The molecule has 0 aliphatic rings. The number of carbonyl (C=O) groups is 1. The number of amides is 1. The van der Waals surface area contributed by atoms with E-state index in [0.717, 1.165) is 16.9 Å². The van der Waals surface area contributed by atoms with E-state index in [0.29, 0.717) is 13.0 Å². The molecule has 0 saturated heterocycles. The van der Waals surface area contributed by atoms with Crippen LogP contribution in [0.3, 0.4) is 0 Å². The molecule has 1 amide bonds. The molecule has 0 aliphatic carbocycles. The average molecular weight is 335 g/mol. The van der Waals surface area contributed by atoms with Gasteiger partial charge >= 0.3 is 6.61 Å². The van der Waals surface area contributed by atoms with E-state index in [9.17, 15) is 13.6 Å². The fourth-order valence-corrected chi connectivity index (χ4v) is 2.36. The highest BCUT2D eigenvalue weighted by molar-refractivity contribution is 5.96. The van der Waals surface area contributed by atoms with Crippen LogP contribution in [0.25, 0.3) is 0 Å². The maximum Gasteiger partial charge on any atom is 0.387 e. The van der Waals surface area contributed by atoms with Gasteiger partial charge < -0.3 is 14.8 Å². The number of nitrogens with one attached hydrogen (secondary N) is 1. The molecule has 0 heterocycles. The van der Waals surface area contributed by atoms with Gasteiger partial charge in [0.25, 0.3) is 5.91 Å². The molecule has 0 aromatic heterocycles. The maximum absolute atomic E-state index is 12.4. The van der Waals surface area contributed by atoms with Crippen molar-refractivity contribution in [1.82, 2.24) is 5.32 Å². The van der Waals surface area contributed by atoms with E-state index in [1.165, 1.54) is 18.2 Å². The van der Waals surface area contributed by atoms with Gasteiger partial charge in [-0.1, -0.05) is 29.8 Å². The number of hydrogen-bond acceptors (Lipinski definition) is 3. The summed E-state index contributed by atoms with van der Waals surface area (Å²) >= 11 is 0. The molecular weight excluding hydrogens is 316 g/mol. The minimum absolute atomic E-state index is 0.0778. The SMILES string of the molecule is COc1ccc(C)cc1CCNC(=O)c1ccccc1OC(F)F. The van der Waals surface area contributed by atoms with Gasteiger partial charge in [-0.2, -0.15) is 8.78 Å². The van der Waals surface area contributed by atoms with Crippen LogP contribution in [-0.4, -0.2) is 26.2 Å². The summed E-state index contributed by atoms with van der Waals surface area (Å²) in [5.41, 5.74) is 2.14. The van der Waals surface area contributed by atoms with Crippen molar-refractivity contribution >= 4 is 5.91 Å². The number of carbonyl (C=O) groups excluding carboxylic acids is 1. The Morgan fingerprint density at radius 1 is 1.17 bits per heavy atom. The topological polar surface area (TPSA) is 47.6 Å². The van der Waals surface area contributed by atoms with Gasteiger partial charge in [-0.3, -0.25) is 4.79 Å². The van der Waals surface area contributed by atoms with Crippen LogP contribution in [0.2, 0.25) is 0 Å². The molecule has 0 aliphatic heterocycles. The molecule has 0 spiro atoms. The third kappa shape index (κ3) is 4.68. The summed E-state index contributed by atoms with van der Waals surface area (Å²) in [5.74, 6) is 0.146. The molecule has 4 nitrogen and oxygen atoms in total. The summed E-state index contributed by atoms with van der Waals surface area (Å²) in [7, 11) is 1.59. The van der Waals surface area contributed by atoms with E-state index in [4.69, 9.17) is 4.74 Å². The first kappa shape index (κ1) is 17.7. The Labute approximate surface area is 139 Å². The summed E-state index contributed by atoms with van der Waals surface area (Å²) < 4.78 is 34.4. The summed E-state index contributed by atoms with van der Waals surface area (Å²) in [4.78, 5) is 12.2. The number of halogens is 2. The zero-order valence-electron chi connectivity index (χ0n) is 13.5. The lowest BCUT2D eigenvalue weighted by Gasteiger charge is -2.12. The first-order valence-corrected chi connectivity index (χ1v) is 7.47. The number of alkyl halides is 2. The second-order valence-corrected chi connectivity index (χ2v) is 5.20. The van der Waals surface area contributed by atoms with E-state index in [2.05, 4.69) is 10.1 Å². The Morgan fingerprint density at radius 2 is 1.92 bits per heavy atom. The second-order valence-electron chi connectivity index (χ2n) is 5.20. The van der Waals surface area contributed by atoms with E-state index < -0.39 is 12.5 Å². The molecule has 2 aromatic rings. The Hall–Kier alpha value is -2.63. The second kappa shape index (κ2) is 8.29. The van der Waals surface area contributed by atoms with Crippen LogP contribution in [0.4, 0.5) is 8.78 Å². The van der Waals surface area contributed by atoms with E-state index in [-0.39, 0.29) is 11.3 Å². The number of benzene rings is 2. The Kier molecular flexibility index (Phi) is 6.12. The van der Waals surface area contributed by atoms with Gasteiger partial charge in [-0.15, -0.1) is 0 Å². The van der Waals surface area contributed by atoms with Crippen molar-refractivity contribution in [3.63, 3.8) is 0 Å². The fraction of sp³-hybridized carbons (Fsp3) is 0.278. The molecule has 0 fully saturated rings. The molecule has 128 valence electrons. The molecule has 0 saturated carbocycles. The van der Waals surface area contributed by atoms with Crippen molar-refractivity contribution in [3.05, 3.63) is 59.2 Å². The van der Waals surface area contributed by atoms with E-state index in [1.807, 2.05) is 25.1 Å². The standard InChI is InChI=1S/C18H19F2NO3/c1-12-7-8-15(23-2)13(11-12)9-10-21-17(22)14-5-3-4-6-16(14)24-18(19)20/h3-8,11,18H,9-10H2,1-2H3,(H,21,22). The van der Waals surface area contributed by atoms with Crippen molar-refractivity contribution in [1.29, 1.82) is 0 Å². The number of hydrogen-bond donors (Lipinski definition) is 1. The van der Waals surface area contributed by atoms with Crippen LogP contribution in [0.5, 0.6) is 11.5 Å². The predicted molar refractivity (Wildman–Crippen MR) is 86.8 cm³/mol. The Bertz CT molecular complexity index is 704. The molecule has 0 unspecified atom stereocenters. The van der Waals surface area contributed by atoms with Crippen LogP contribution >= 0.6 is 0 Å². The third-order valence-electron chi connectivity index (χ3n) is 3.46.